The van der Waals surface area contributed by atoms with Crippen molar-refractivity contribution in [1.82, 2.24) is 15.2 Å². The minimum atomic E-state index is -0.474. The summed E-state index contributed by atoms with van der Waals surface area (Å²) in [5, 5.41) is 14.8. The third kappa shape index (κ3) is 5.70. The Hall–Kier alpha value is -3.10. The SMILES string of the molecule is O=C(CN1CCN(Cc2ccccc2)CC1)N/N=C\c1ccccc1[N+](=O)[O-]. The van der Waals surface area contributed by atoms with Crippen LogP contribution in [0, 0.1) is 10.1 Å². The molecule has 0 atom stereocenters. The minimum absolute atomic E-state index is 0.0463. The van der Waals surface area contributed by atoms with Crippen LogP contribution in [0.5, 0.6) is 0 Å². The number of nitro groups is 1. The number of piperazine rings is 1. The summed E-state index contributed by atoms with van der Waals surface area (Å²) >= 11 is 0. The monoisotopic (exact) mass is 381 g/mol. The topological polar surface area (TPSA) is 91.1 Å². The predicted molar refractivity (Wildman–Crippen MR) is 107 cm³/mol. The van der Waals surface area contributed by atoms with Gasteiger partial charge in [0.25, 0.3) is 11.6 Å². The van der Waals surface area contributed by atoms with Crippen LogP contribution in [-0.4, -0.2) is 59.6 Å². The van der Waals surface area contributed by atoms with Gasteiger partial charge in [0.2, 0.25) is 0 Å². The standard InChI is InChI=1S/C20H23N5O3/c26-20(22-21-14-18-8-4-5-9-19(18)25(27)28)16-24-12-10-23(11-13-24)15-17-6-2-1-3-7-17/h1-9,14H,10-13,15-16H2,(H,22,26)/b21-14-. The van der Waals surface area contributed by atoms with E-state index >= 15 is 0 Å². The molecule has 8 heteroatoms. The van der Waals surface area contributed by atoms with E-state index in [0.29, 0.717) is 5.56 Å². The Morgan fingerprint density at radius 2 is 1.68 bits per heavy atom. The second-order valence-corrected chi connectivity index (χ2v) is 6.65. The predicted octanol–water partition coefficient (Wildman–Crippen LogP) is 1.86. The lowest BCUT2D eigenvalue weighted by atomic mass is 10.2. The lowest BCUT2D eigenvalue weighted by molar-refractivity contribution is -0.385. The number of nitrogens with zero attached hydrogens (tertiary/aromatic N) is 4. The summed E-state index contributed by atoms with van der Waals surface area (Å²) in [6, 6.07) is 16.6. The highest BCUT2D eigenvalue weighted by molar-refractivity contribution is 5.86. The zero-order valence-electron chi connectivity index (χ0n) is 15.5. The Balaban J connectivity index is 1.42. The van der Waals surface area contributed by atoms with Crippen molar-refractivity contribution in [2.75, 3.05) is 32.7 Å². The number of carbonyl (C=O) groups is 1. The van der Waals surface area contributed by atoms with E-state index in [1.807, 2.05) is 18.2 Å². The smallest absolute Gasteiger partial charge is 0.278 e. The van der Waals surface area contributed by atoms with Gasteiger partial charge in [0.1, 0.15) is 0 Å². The number of nitro benzene ring substituents is 1. The van der Waals surface area contributed by atoms with Crippen LogP contribution < -0.4 is 5.43 Å². The lowest BCUT2D eigenvalue weighted by Crippen LogP contribution is -2.48. The Morgan fingerprint density at radius 1 is 1.04 bits per heavy atom. The van der Waals surface area contributed by atoms with E-state index in [4.69, 9.17) is 0 Å². The van der Waals surface area contributed by atoms with E-state index in [-0.39, 0.29) is 18.1 Å². The largest absolute Gasteiger partial charge is 0.297 e. The molecular formula is C20H23N5O3. The second-order valence-electron chi connectivity index (χ2n) is 6.65. The number of rotatable bonds is 7. The summed E-state index contributed by atoms with van der Waals surface area (Å²) in [5.41, 5.74) is 4.04. The molecule has 8 nitrogen and oxygen atoms in total. The molecule has 0 saturated carbocycles. The van der Waals surface area contributed by atoms with Crippen LogP contribution in [0.4, 0.5) is 5.69 Å². The lowest BCUT2D eigenvalue weighted by Gasteiger charge is -2.34. The molecular weight excluding hydrogens is 358 g/mol. The highest BCUT2D eigenvalue weighted by Crippen LogP contribution is 2.15. The Morgan fingerprint density at radius 3 is 2.39 bits per heavy atom. The maximum Gasteiger partial charge on any atom is 0.278 e. The fourth-order valence-corrected chi connectivity index (χ4v) is 3.12. The van der Waals surface area contributed by atoms with Gasteiger partial charge in [-0.1, -0.05) is 42.5 Å². The number of amides is 1. The van der Waals surface area contributed by atoms with E-state index in [1.165, 1.54) is 17.8 Å². The van der Waals surface area contributed by atoms with E-state index < -0.39 is 4.92 Å². The first kappa shape index (κ1) is 19.7. The summed E-state index contributed by atoms with van der Waals surface area (Å²) in [4.78, 5) is 27.0. The van der Waals surface area contributed by atoms with Crippen molar-refractivity contribution in [1.29, 1.82) is 0 Å². The van der Waals surface area contributed by atoms with Crippen molar-refractivity contribution in [2.45, 2.75) is 6.54 Å². The summed E-state index contributed by atoms with van der Waals surface area (Å²) < 4.78 is 0. The summed E-state index contributed by atoms with van der Waals surface area (Å²) in [6.07, 6.45) is 1.30. The van der Waals surface area contributed by atoms with Crippen molar-refractivity contribution in [2.24, 2.45) is 5.10 Å². The zero-order chi connectivity index (χ0) is 19.8. The first-order chi connectivity index (χ1) is 13.6. The molecule has 1 aliphatic heterocycles. The fraction of sp³-hybridized carbons (Fsp3) is 0.300. The molecule has 0 radical (unpaired) electrons. The van der Waals surface area contributed by atoms with Crippen LogP contribution in [0.3, 0.4) is 0 Å². The molecule has 1 aliphatic rings. The van der Waals surface area contributed by atoms with Gasteiger partial charge in [-0.15, -0.1) is 0 Å². The molecule has 1 amide bonds. The molecule has 1 N–H and O–H groups in total. The van der Waals surface area contributed by atoms with Gasteiger partial charge in [-0.3, -0.25) is 24.7 Å². The molecule has 28 heavy (non-hydrogen) atoms. The van der Waals surface area contributed by atoms with Crippen molar-refractivity contribution in [3.05, 3.63) is 75.8 Å². The van der Waals surface area contributed by atoms with Gasteiger partial charge < -0.3 is 0 Å². The third-order valence-electron chi connectivity index (χ3n) is 4.61. The average molecular weight is 381 g/mol. The minimum Gasteiger partial charge on any atom is -0.297 e. The Bertz CT molecular complexity index is 833. The van der Waals surface area contributed by atoms with Crippen LogP contribution in [0.25, 0.3) is 0 Å². The normalized spacial score (nSPS) is 15.6. The van der Waals surface area contributed by atoms with E-state index in [2.05, 4.69) is 32.5 Å². The first-order valence-electron chi connectivity index (χ1n) is 9.16. The Labute approximate surface area is 163 Å². The first-order valence-corrected chi connectivity index (χ1v) is 9.16. The molecule has 0 bridgehead atoms. The van der Waals surface area contributed by atoms with E-state index in [1.54, 1.807) is 18.2 Å². The molecule has 0 spiro atoms. The fourth-order valence-electron chi connectivity index (χ4n) is 3.12. The second kappa shape index (κ2) is 9.72. The number of benzene rings is 2. The molecule has 1 fully saturated rings. The number of carbonyl (C=O) groups excluding carboxylic acids is 1. The van der Waals surface area contributed by atoms with Gasteiger partial charge >= 0.3 is 0 Å². The average Bonchev–Trinajstić information content (AvgIpc) is 2.70. The number of hydrogen-bond acceptors (Lipinski definition) is 6. The Kier molecular flexibility index (Phi) is 6.83. The van der Waals surface area contributed by atoms with Gasteiger partial charge in [-0.25, -0.2) is 5.43 Å². The summed E-state index contributed by atoms with van der Waals surface area (Å²) in [5.74, 6) is -0.230. The van der Waals surface area contributed by atoms with Gasteiger partial charge in [0, 0.05) is 38.8 Å². The van der Waals surface area contributed by atoms with Crippen molar-refractivity contribution in [3.8, 4) is 0 Å². The van der Waals surface area contributed by atoms with Crippen LogP contribution >= 0.6 is 0 Å². The summed E-state index contributed by atoms with van der Waals surface area (Å²) in [7, 11) is 0. The molecule has 0 aliphatic carbocycles. The molecule has 2 aromatic carbocycles. The number of para-hydroxylation sites is 1. The quantitative estimate of drug-likeness (QED) is 0.449. The molecule has 0 unspecified atom stereocenters. The van der Waals surface area contributed by atoms with E-state index in [9.17, 15) is 14.9 Å². The number of nitrogens with one attached hydrogen (secondary N) is 1. The summed E-state index contributed by atoms with van der Waals surface area (Å²) in [6.45, 7) is 4.61. The molecule has 1 saturated heterocycles. The van der Waals surface area contributed by atoms with Gasteiger partial charge in [0.15, 0.2) is 0 Å². The van der Waals surface area contributed by atoms with Gasteiger partial charge in [0.05, 0.1) is 23.2 Å². The van der Waals surface area contributed by atoms with Crippen LogP contribution in [0.15, 0.2) is 59.7 Å². The molecule has 2 aromatic rings. The third-order valence-corrected chi connectivity index (χ3v) is 4.61. The maximum absolute atomic E-state index is 12.1. The molecule has 0 aromatic heterocycles. The van der Waals surface area contributed by atoms with E-state index in [0.717, 1.165) is 32.7 Å². The van der Waals surface area contributed by atoms with Gasteiger partial charge in [-0.2, -0.15) is 5.10 Å². The van der Waals surface area contributed by atoms with Crippen molar-refractivity contribution >= 4 is 17.8 Å². The highest BCUT2D eigenvalue weighted by Gasteiger charge is 2.19. The molecule has 1 heterocycles. The number of hydrazone groups is 1. The zero-order valence-corrected chi connectivity index (χ0v) is 15.5. The number of hydrogen-bond donors (Lipinski definition) is 1. The molecule has 146 valence electrons. The highest BCUT2D eigenvalue weighted by atomic mass is 16.6. The van der Waals surface area contributed by atoms with Crippen molar-refractivity contribution < 1.29 is 9.72 Å². The molecule has 3 rings (SSSR count). The van der Waals surface area contributed by atoms with Crippen molar-refractivity contribution in [3.63, 3.8) is 0 Å². The van der Waals surface area contributed by atoms with Crippen LogP contribution in [0.2, 0.25) is 0 Å². The van der Waals surface area contributed by atoms with Crippen LogP contribution in [-0.2, 0) is 11.3 Å². The maximum atomic E-state index is 12.1. The van der Waals surface area contributed by atoms with Crippen LogP contribution in [0.1, 0.15) is 11.1 Å². The van der Waals surface area contributed by atoms with Gasteiger partial charge in [-0.05, 0) is 11.6 Å².